The molecule has 39 heavy (non-hydrogen) atoms. The Balaban J connectivity index is 1.12. The summed E-state index contributed by atoms with van der Waals surface area (Å²) in [5.74, 6) is -1.11. The normalized spacial score (nSPS) is 10.5. The molecular formula is C33H28O6. The maximum Gasteiger partial charge on any atom is 0.338 e. The second kappa shape index (κ2) is 13.6. The Morgan fingerprint density at radius 1 is 0.385 bits per heavy atom. The molecule has 0 amide bonds. The highest BCUT2D eigenvalue weighted by molar-refractivity contribution is 6.10. The smallest absolute Gasteiger partial charge is 0.338 e. The van der Waals surface area contributed by atoms with Gasteiger partial charge in [0.05, 0.1) is 24.3 Å². The molecule has 0 N–H and O–H groups in total. The second-order valence-electron chi connectivity index (χ2n) is 8.88. The Kier molecular flexibility index (Phi) is 9.51. The van der Waals surface area contributed by atoms with Gasteiger partial charge in [-0.05, 0) is 43.5 Å². The molecule has 0 spiro atoms. The number of unbranched alkanes of at least 4 members (excludes halogenated alkanes) is 2. The predicted octanol–water partition coefficient (Wildman–Crippen LogP) is 6.33. The van der Waals surface area contributed by atoms with Crippen LogP contribution in [0.3, 0.4) is 0 Å². The number of esters is 2. The van der Waals surface area contributed by atoms with Crippen LogP contribution in [0.15, 0.2) is 109 Å². The minimum absolute atomic E-state index is 0.105. The van der Waals surface area contributed by atoms with Crippen LogP contribution < -0.4 is 0 Å². The number of rotatable bonds is 12. The van der Waals surface area contributed by atoms with Crippen molar-refractivity contribution in [3.63, 3.8) is 0 Å². The van der Waals surface area contributed by atoms with Crippen LogP contribution in [0.1, 0.15) is 71.8 Å². The summed E-state index contributed by atoms with van der Waals surface area (Å²) in [5, 5.41) is 0. The summed E-state index contributed by atoms with van der Waals surface area (Å²) in [5.41, 5.74) is 2.95. The largest absolute Gasteiger partial charge is 0.462 e. The fourth-order valence-electron chi connectivity index (χ4n) is 3.91. The lowest BCUT2D eigenvalue weighted by Crippen LogP contribution is -2.09. The van der Waals surface area contributed by atoms with Crippen molar-refractivity contribution in [1.82, 2.24) is 0 Å². The summed E-state index contributed by atoms with van der Waals surface area (Å²) in [6.07, 6.45) is 1.98. The van der Waals surface area contributed by atoms with Crippen LogP contribution in [0.2, 0.25) is 0 Å². The molecule has 0 fully saturated rings. The number of ketones is 2. The minimum atomic E-state index is -0.450. The van der Waals surface area contributed by atoms with E-state index in [1.54, 1.807) is 97.1 Å². The number of carbonyl (C=O) groups is 4. The Hall–Kier alpha value is -4.84. The molecule has 6 nitrogen and oxygen atoms in total. The van der Waals surface area contributed by atoms with Crippen LogP contribution in [-0.4, -0.2) is 36.7 Å². The lowest BCUT2D eigenvalue weighted by molar-refractivity contribution is 0.0477. The van der Waals surface area contributed by atoms with Crippen LogP contribution in [0.5, 0.6) is 0 Å². The van der Waals surface area contributed by atoms with Gasteiger partial charge in [0.1, 0.15) is 0 Å². The van der Waals surface area contributed by atoms with Crippen molar-refractivity contribution in [3.05, 3.63) is 143 Å². The second-order valence-corrected chi connectivity index (χ2v) is 8.88. The van der Waals surface area contributed by atoms with Gasteiger partial charge in [-0.25, -0.2) is 9.59 Å². The summed E-state index contributed by atoms with van der Waals surface area (Å²) in [4.78, 5) is 49.5. The molecule has 0 aliphatic rings. The number of hydrogen-bond donors (Lipinski definition) is 0. The molecule has 196 valence electrons. The van der Waals surface area contributed by atoms with Gasteiger partial charge in [0.2, 0.25) is 0 Å². The molecule has 0 aliphatic heterocycles. The summed E-state index contributed by atoms with van der Waals surface area (Å²) >= 11 is 0. The van der Waals surface area contributed by atoms with Gasteiger partial charge in [-0.3, -0.25) is 9.59 Å². The fourth-order valence-corrected chi connectivity index (χ4v) is 3.91. The first kappa shape index (κ1) is 27.2. The third kappa shape index (κ3) is 7.58. The highest BCUT2D eigenvalue weighted by atomic mass is 16.5. The molecule has 0 radical (unpaired) electrons. The molecule has 0 atom stereocenters. The first-order chi connectivity index (χ1) is 19.0. The Morgan fingerprint density at radius 3 is 1.05 bits per heavy atom. The van der Waals surface area contributed by atoms with Gasteiger partial charge in [-0.1, -0.05) is 84.9 Å². The molecule has 0 unspecified atom stereocenters. The van der Waals surface area contributed by atoms with E-state index in [1.165, 1.54) is 0 Å². The standard InChI is InChI=1S/C33H28O6/c34-30(24-10-4-1-5-11-24)26-14-18-28(19-15-26)32(36)38-22-8-3-9-23-39-33(37)29-20-16-27(17-21-29)31(35)25-12-6-2-7-13-25/h1-2,4-7,10-21H,3,8-9,22-23H2. The molecule has 4 rings (SSSR count). The van der Waals surface area contributed by atoms with Crippen LogP contribution in [0.4, 0.5) is 0 Å². The molecule has 0 aromatic heterocycles. The summed E-state index contributed by atoms with van der Waals surface area (Å²) < 4.78 is 10.6. The van der Waals surface area contributed by atoms with E-state index in [0.29, 0.717) is 46.2 Å². The summed E-state index contributed by atoms with van der Waals surface area (Å²) in [7, 11) is 0. The van der Waals surface area contributed by atoms with Crippen molar-refractivity contribution >= 4 is 23.5 Å². The van der Waals surface area contributed by atoms with E-state index in [-0.39, 0.29) is 24.8 Å². The first-order valence-corrected chi connectivity index (χ1v) is 12.8. The zero-order chi connectivity index (χ0) is 27.5. The highest BCUT2D eigenvalue weighted by Crippen LogP contribution is 2.14. The Bertz CT molecular complexity index is 1300. The van der Waals surface area contributed by atoms with Crippen LogP contribution in [0, 0.1) is 0 Å². The molecule has 0 aliphatic carbocycles. The van der Waals surface area contributed by atoms with Crippen LogP contribution >= 0.6 is 0 Å². The van der Waals surface area contributed by atoms with E-state index in [2.05, 4.69) is 0 Å². The highest BCUT2D eigenvalue weighted by Gasteiger charge is 2.13. The van der Waals surface area contributed by atoms with E-state index < -0.39 is 11.9 Å². The predicted molar refractivity (Wildman–Crippen MR) is 147 cm³/mol. The monoisotopic (exact) mass is 520 g/mol. The maximum absolute atomic E-state index is 12.5. The van der Waals surface area contributed by atoms with Crippen molar-refractivity contribution < 1.29 is 28.7 Å². The third-order valence-electron chi connectivity index (χ3n) is 6.09. The molecule has 4 aromatic rings. The molecule has 0 saturated carbocycles. The lowest BCUT2D eigenvalue weighted by Gasteiger charge is -2.07. The number of benzene rings is 4. The average Bonchev–Trinajstić information content (AvgIpc) is 3.00. The van der Waals surface area contributed by atoms with Crippen molar-refractivity contribution in [3.8, 4) is 0 Å². The first-order valence-electron chi connectivity index (χ1n) is 12.8. The van der Waals surface area contributed by atoms with E-state index in [9.17, 15) is 19.2 Å². The number of carbonyl (C=O) groups excluding carboxylic acids is 4. The van der Waals surface area contributed by atoms with E-state index in [0.717, 1.165) is 6.42 Å². The zero-order valence-corrected chi connectivity index (χ0v) is 21.4. The number of ether oxygens (including phenoxy) is 2. The SMILES string of the molecule is O=C(OCCCCCOC(=O)c1ccc(C(=O)c2ccccc2)cc1)c1ccc(C(=O)c2ccccc2)cc1. The third-order valence-corrected chi connectivity index (χ3v) is 6.09. The van der Waals surface area contributed by atoms with E-state index in [4.69, 9.17) is 9.47 Å². The topological polar surface area (TPSA) is 86.7 Å². The van der Waals surface area contributed by atoms with Gasteiger partial charge in [0.15, 0.2) is 11.6 Å². The summed E-state index contributed by atoms with van der Waals surface area (Å²) in [6, 6.07) is 30.7. The van der Waals surface area contributed by atoms with Crippen molar-refractivity contribution in [2.24, 2.45) is 0 Å². The van der Waals surface area contributed by atoms with Crippen LogP contribution in [-0.2, 0) is 9.47 Å². The quantitative estimate of drug-likeness (QED) is 0.123. The maximum atomic E-state index is 12.5. The fraction of sp³-hybridized carbons (Fsp3) is 0.152. The van der Waals surface area contributed by atoms with Crippen molar-refractivity contribution in [2.75, 3.05) is 13.2 Å². The van der Waals surface area contributed by atoms with E-state index in [1.807, 2.05) is 12.1 Å². The van der Waals surface area contributed by atoms with Gasteiger partial charge in [-0.15, -0.1) is 0 Å². The number of hydrogen-bond acceptors (Lipinski definition) is 6. The van der Waals surface area contributed by atoms with Gasteiger partial charge >= 0.3 is 11.9 Å². The van der Waals surface area contributed by atoms with E-state index >= 15 is 0 Å². The zero-order valence-electron chi connectivity index (χ0n) is 21.4. The lowest BCUT2D eigenvalue weighted by atomic mass is 10.0. The van der Waals surface area contributed by atoms with Gasteiger partial charge < -0.3 is 9.47 Å². The van der Waals surface area contributed by atoms with Crippen molar-refractivity contribution in [1.29, 1.82) is 0 Å². The van der Waals surface area contributed by atoms with Crippen LogP contribution in [0.25, 0.3) is 0 Å². The minimum Gasteiger partial charge on any atom is -0.462 e. The van der Waals surface area contributed by atoms with Gasteiger partial charge in [0.25, 0.3) is 0 Å². The molecular weight excluding hydrogens is 492 g/mol. The molecule has 4 aromatic carbocycles. The molecule has 6 heteroatoms. The Morgan fingerprint density at radius 2 is 0.692 bits per heavy atom. The molecule has 0 heterocycles. The van der Waals surface area contributed by atoms with Gasteiger partial charge in [-0.2, -0.15) is 0 Å². The Labute approximate surface area is 227 Å². The molecule has 0 saturated heterocycles. The summed E-state index contributed by atoms with van der Waals surface area (Å²) in [6.45, 7) is 0.489. The van der Waals surface area contributed by atoms with Crippen molar-refractivity contribution in [2.45, 2.75) is 19.3 Å². The molecule has 0 bridgehead atoms. The van der Waals surface area contributed by atoms with Gasteiger partial charge in [0, 0.05) is 22.3 Å². The average molecular weight is 521 g/mol.